The molecule has 0 saturated heterocycles. The van der Waals surface area contributed by atoms with E-state index in [1.807, 2.05) is 6.07 Å². The third kappa shape index (κ3) is 4.31. The molecule has 31 heavy (non-hydrogen) atoms. The standard InChI is InChI=1S/C23H14ClNO6/c24-21(15-6-2-1-3-7-15)23(27)30-17-9-10-18-19(13-17)31-20(22(18)26)12-14-5-4-8-16(11-14)25(28)29/h1-13,21H/b20-12-. The van der Waals surface area contributed by atoms with Crippen molar-refractivity contribution in [1.29, 1.82) is 0 Å². The van der Waals surface area contributed by atoms with E-state index in [9.17, 15) is 19.7 Å². The number of benzene rings is 3. The lowest BCUT2D eigenvalue weighted by molar-refractivity contribution is -0.384. The van der Waals surface area contributed by atoms with E-state index in [4.69, 9.17) is 21.1 Å². The Kier molecular flexibility index (Phi) is 5.51. The third-order valence-corrected chi connectivity index (χ3v) is 4.97. The van der Waals surface area contributed by atoms with Crippen molar-refractivity contribution in [2.75, 3.05) is 0 Å². The van der Waals surface area contributed by atoms with Crippen LogP contribution in [0.15, 0.2) is 78.6 Å². The lowest BCUT2D eigenvalue weighted by atomic mass is 10.1. The SMILES string of the molecule is O=C1/C(=C/c2cccc([N+](=O)[O-])c2)Oc2cc(OC(=O)C(Cl)c3ccccc3)ccc21. The van der Waals surface area contributed by atoms with E-state index in [1.165, 1.54) is 42.5 Å². The van der Waals surface area contributed by atoms with Crippen molar-refractivity contribution >= 4 is 35.1 Å². The number of carbonyl (C=O) groups is 2. The first kappa shape index (κ1) is 20.3. The Morgan fingerprint density at radius 1 is 1.06 bits per heavy atom. The van der Waals surface area contributed by atoms with Gasteiger partial charge >= 0.3 is 5.97 Å². The lowest BCUT2D eigenvalue weighted by Gasteiger charge is -2.10. The zero-order valence-corrected chi connectivity index (χ0v) is 16.6. The Bertz CT molecular complexity index is 1220. The molecule has 0 bridgehead atoms. The molecule has 1 heterocycles. The van der Waals surface area contributed by atoms with Crippen LogP contribution in [0.4, 0.5) is 5.69 Å². The van der Waals surface area contributed by atoms with E-state index in [-0.39, 0.29) is 28.7 Å². The first-order chi connectivity index (χ1) is 14.9. The number of esters is 1. The van der Waals surface area contributed by atoms with Gasteiger partial charge in [-0.25, -0.2) is 4.79 Å². The zero-order valence-electron chi connectivity index (χ0n) is 15.9. The Morgan fingerprint density at radius 2 is 1.84 bits per heavy atom. The molecule has 1 atom stereocenters. The fourth-order valence-corrected chi connectivity index (χ4v) is 3.23. The van der Waals surface area contributed by atoms with Gasteiger partial charge in [0.05, 0.1) is 10.5 Å². The first-order valence-electron chi connectivity index (χ1n) is 9.16. The summed E-state index contributed by atoms with van der Waals surface area (Å²) in [6.45, 7) is 0. The normalized spacial score (nSPS) is 14.6. The summed E-state index contributed by atoms with van der Waals surface area (Å²) in [5.41, 5.74) is 1.25. The molecule has 0 amide bonds. The largest absolute Gasteiger partial charge is 0.452 e. The Labute approximate surface area is 181 Å². The summed E-state index contributed by atoms with van der Waals surface area (Å²) in [4.78, 5) is 35.3. The Morgan fingerprint density at radius 3 is 2.58 bits per heavy atom. The van der Waals surface area contributed by atoms with Gasteiger partial charge in [0.25, 0.3) is 5.69 Å². The van der Waals surface area contributed by atoms with E-state index in [1.54, 1.807) is 30.3 Å². The molecule has 0 saturated carbocycles. The van der Waals surface area contributed by atoms with E-state index in [0.29, 0.717) is 16.7 Å². The Balaban J connectivity index is 1.52. The van der Waals surface area contributed by atoms with Gasteiger partial charge in [0, 0.05) is 18.2 Å². The molecule has 1 aliphatic heterocycles. The molecule has 3 aromatic rings. The van der Waals surface area contributed by atoms with E-state index >= 15 is 0 Å². The van der Waals surface area contributed by atoms with Crippen LogP contribution in [-0.2, 0) is 4.79 Å². The average molecular weight is 436 g/mol. The predicted octanol–water partition coefficient (Wildman–Crippen LogP) is 5.10. The predicted molar refractivity (Wildman–Crippen MR) is 113 cm³/mol. The van der Waals surface area contributed by atoms with Crippen molar-refractivity contribution < 1.29 is 24.0 Å². The minimum Gasteiger partial charge on any atom is -0.452 e. The van der Waals surface area contributed by atoms with Crippen LogP contribution < -0.4 is 9.47 Å². The summed E-state index contributed by atoms with van der Waals surface area (Å²) in [6.07, 6.45) is 1.42. The highest BCUT2D eigenvalue weighted by molar-refractivity contribution is 6.30. The van der Waals surface area contributed by atoms with Crippen LogP contribution in [0.5, 0.6) is 11.5 Å². The summed E-state index contributed by atoms with van der Waals surface area (Å²) in [6, 6.07) is 19.0. The summed E-state index contributed by atoms with van der Waals surface area (Å²) >= 11 is 6.18. The van der Waals surface area contributed by atoms with Crippen LogP contribution in [0.1, 0.15) is 26.9 Å². The number of carbonyl (C=O) groups excluding carboxylic acids is 2. The second-order valence-corrected chi connectivity index (χ2v) is 7.08. The highest BCUT2D eigenvalue weighted by Crippen LogP contribution is 2.35. The van der Waals surface area contributed by atoms with Crippen molar-refractivity contribution in [3.05, 3.63) is 105 Å². The van der Waals surface area contributed by atoms with Gasteiger partial charge in [-0.05, 0) is 29.3 Å². The van der Waals surface area contributed by atoms with Gasteiger partial charge < -0.3 is 9.47 Å². The number of allylic oxidation sites excluding steroid dienone is 1. The van der Waals surface area contributed by atoms with Crippen LogP contribution >= 0.6 is 11.6 Å². The first-order valence-corrected chi connectivity index (χ1v) is 9.59. The number of halogens is 1. The minimum atomic E-state index is -0.985. The zero-order chi connectivity index (χ0) is 22.0. The van der Waals surface area contributed by atoms with Crippen LogP contribution in [0, 0.1) is 10.1 Å². The summed E-state index contributed by atoms with van der Waals surface area (Å²) in [5.74, 6) is -0.630. The fourth-order valence-electron chi connectivity index (χ4n) is 3.04. The van der Waals surface area contributed by atoms with Gasteiger partial charge in [0.1, 0.15) is 11.5 Å². The molecule has 0 N–H and O–H groups in total. The summed E-state index contributed by atoms with van der Waals surface area (Å²) < 4.78 is 10.9. The molecule has 3 aromatic carbocycles. The summed E-state index contributed by atoms with van der Waals surface area (Å²) in [7, 11) is 0. The van der Waals surface area contributed by atoms with Gasteiger partial charge in [-0.15, -0.1) is 11.6 Å². The minimum absolute atomic E-state index is 0.0125. The van der Waals surface area contributed by atoms with Gasteiger partial charge in [-0.3, -0.25) is 14.9 Å². The quantitative estimate of drug-likeness (QED) is 0.138. The number of nitro benzene ring substituents is 1. The molecule has 0 aromatic heterocycles. The molecule has 154 valence electrons. The molecule has 4 rings (SSSR count). The number of alkyl halides is 1. The van der Waals surface area contributed by atoms with Crippen molar-refractivity contribution in [2.24, 2.45) is 0 Å². The second kappa shape index (κ2) is 8.41. The molecular weight excluding hydrogens is 422 g/mol. The monoisotopic (exact) mass is 435 g/mol. The molecule has 0 fully saturated rings. The number of nitrogens with zero attached hydrogens (tertiary/aromatic N) is 1. The van der Waals surface area contributed by atoms with Crippen molar-refractivity contribution in [3.63, 3.8) is 0 Å². The highest BCUT2D eigenvalue weighted by Gasteiger charge is 2.29. The maximum Gasteiger partial charge on any atom is 0.334 e. The Hall–Kier alpha value is -3.97. The van der Waals surface area contributed by atoms with Gasteiger partial charge in [0.15, 0.2) is 11.1 Å². The molecule has 8 heteroatoms. The van der Waals surface area contributed by atoms with Gasteiger partial charge in [0.2, 0.25) is 5.78 Å². The number of nitro groups is 1. The smallest absolute Gasteiger partial charge is 0.334 e. The van der Waals surface area contributed by atoms with E-state index in [2.05, 4.69) is 0 Å². The number of hydrogen-bond donors (Lipinski definition) is 0. The molecule has 0 radical (unpaired) electrons. The van der Waals surface area contributed by atoms with Gasteiger partial charge in [-0.2, -0.15) is 0 Å². The maximum absolute atomic E-state index is 12.6. The van der Waals surface area contributed by atoms with E-state index in [0.717, 1.165) is 0 Å². The fraction of sp³-hybridized carbons (Fsp3) is 0.0435. The number of non-ortho nitro benzene ring substituents is 1. The number of Topliss-reactive ketones (excluding diaryl/α,β-unsaturated/α-hetero) is 1. The molecule has 1 unspecified atom stereocenters. The lowest BCUT2D eigenvalue weighted by Crippen LogP contribution is -2.14. The number of fused-ring (bicyclic) bond motifs is 1. The molecule has 7 nitrogen and oxygen atoms in total. The number of hydrogen-bond acceptors (Lipinski definition) is 6. The van der Waals surface area contributed by atoms with E-state index < -0.39 is 16.3 Å². The topological polar surface area (TPSA) is 95.7 Å². The highest BCUT2D eigenvalue weighted by atomic mass is 35.5. The van der Waals surface area contributed by atoms with Crippen LogP contribution in [0.2, 0.25) is 0 Å². The second-order valence-electron chi connectivity index (χ2n) is 6.64. The molecule has 0 aliphatic carbocycles. The number of ether oxygens (including phenoxy) is 2. The van der Waals surface area contributed by atoms with Crippen LogP contribution in [-0.4, -0.2) is 16.7 Å². The molecular formula is C23H14ClNO6. The number of ketones is 1. The maximum atomic E-state index is 12.6. The van der Waals surface area contributed by atoms with Crippen molar-refractivity contribution in [1.82, 2.24) is 0 Å². The molecule has 1 aliphatic rings. The summed E-state index contributed by atoms with van der Waals surface area (Å²) in [5, 5.41) is 9.95. The third-order valence-electron chi connectivity index (χ3n) is 4.54. The van der Waals surface area contributed by atoms with Crippen LogP contribution in [0.25, 0.3) is 6.08 Å². The van der Waals surface area contributed by atoms with Gasteiger partial charge in [-0.1, -0.05) is 42.5 Å². The van der Waals surface area contributed by atoms with Crippen LogP contribution in [0.3, 0.4) is 0 Å². The molecule has 0 spiro atoms. The van der Waals surface area contributed by atoms with Crippen molar-refractivity contribution in [3.8, 4) is 11.5 Å². The average Bonchev–Trinajstić information content (AvgIpc) is 3.08. The van der Waals surface area contributed by atoms with Crippen molar-refractivity contribution in [2.45, 2.75) is 5.38 Å². The number of rotatable bonds is 5.